The van der Waals surface area contributed by atoms with Crippen LogP contribution in [0, 0.1) is 5.82 Å². The molecule has 168 valence electrons. The molecule has 2 amide bonds. The van der Waals surface area contributed by atoms with Crippen molar-refractivity contribution < 1.29 is 18.7 Å². The van der Waals surface area contributed by atoms with Crippen molar-refractivity contribution in [1.29, 1.82) is 0 Å². The van der Waals surface area contributed by atoms with Gasteiger partial charge in [0.2, 0.25) is 0 Å². The van der Waals surface area contributed by atoms with E-state index in [-0.39, 0.29) is 24.2 Å². The number of aryl methyl sites for hydroxylation is 1. The van der Waals surface area contributed by atoms with E-state index in [0.29, 0.717) is 17.9 Å². The zero-order chi connectivity index (χ0) is 23.1. The lowest BCUT2D eigenvalue weighted by atomic mass is 10.1. The van der Waals surface area contributed by atoms with Gasteiger partial charge in [-0.25, -0.2) is 4.39 Å². The Labute approximate surface area is 186 Å². The number of amides is 2. The molecule has 1 heterocycles. The number of H-pyrrole nitrogens is 1. The number of ether oxygens (including phenoxy) is 1. The number of benzene rings is 2. The summed E-state index contributed by atoms with van der Waals surface area (Å²) in [5.74, 6) is -0.0761. The Morgan fingerprint density at radius 3 is 2.53 bits per heavy atom. The lowest BCUT2D eigenvalue weighted by Gasteiger charge is -2.17. The summed E-state index contributed by atoms with van der Waals surface area (Å²) in [6.45, 7) is 0.485. The van der Waals surface area contributed by atoms with E-state index in [1.807, 2.05) is 6.07 Å². The Morgan fingerprint density at radius 1 is 1.06 bits per heavy atom. The van der Waals surface area contributed by atoms with Gasteiger partial charge in [-0.15, -0.1) is 0 Å². The third-order valence-electron chi connectivity index (χ3n) is 5.00. The van der Waals surface area contributed by atoms with Crippen molar-refractivity contribution in [3.05, 3.63) is 71.7 Å². The number of likely N-dealkylation sites (N-methyl/N-ethyl adjacent to an activating group) is 1. The molecule has 7 nitrogen and oxygen atoms in total. The molecule has 32 heavy (non-hydrogen) atoms. The third kappa shape index (κ3) is 6.16. The molecule has 3 aromatic rings. The van der Waals surface area contributed by atoms with Gasteiger partial charge in [0.1, 0.15) is 11.6 Å². The Hall–Kier alpha value is -3.68. The van der Waals surface area contributed by atoms with E-state index in [4.69, 9.17) is 4.74 Å². The van der Waals surface area contributed by atoms with Gasteiger partial charge < -0.3 is 14.5 Å². The molecule has 1 aromatic heterocycles. The van der Waals surface area contributed by atoms with Crippen LogP contribution in [0.15, 0.2) is 54.6 Å². The van der Waals surface area contributed by atoms with E-state index in [1.165, 1.54) is 17.0 Å². The number of aromatic amines is 1. The van der Waals surface area contributed by atoms with Crippen molar-refractivity contribution in [3.63, 3.8) is 0 Å². The van der Waals surface area contributed by atoms with Gasteiger partial charge in [0.15, 0.2) is 6.61 Å². The second-order valence-electron chi connectivity index (χ2n) is 7.72. The lowest BCUT2D eigenvalue weighted by molar-refractivity contribution is -0.130. The minimum Gasteiger partial charge on any atom is -0.484 e. The minimum absolute atomic E-state index is 0.0788. The van der Waals surface area contributed by atoms with Crippen LogP contribution in [-0.4, -0.2) is 66.1 Å². The highest BCUT2D eigenvalue weighted by molar-refractivity contribution is 5.94. The molecule has 8 heteroatoms. The first kappa shape index (κ1) is 23.0. The fourth-order valence-corrected chi connectivity index (χ4v) is 3.08. The lowest BCUT2D eigenvalue weighted by Crippen LogP contribution is -2.28. The van der Waals surface area contributed by atoms with Crippen molar-refractivity contribution in [3.8, 4) is 17.0 Å². The molecule has 1 N–H and O–H groups in total. The number of aromatic nitrogens is 2. The van der Waals surface area contributed by atoms with Crippen LogP contribution in [-0.2, 0) is 11.2 Å². The fourth-order valence-electron chi connectivity index (χ4n) is 3.08. The van der Waals surface area contributed by atoms with Crippen LogP contribution in [0.4, 0.5) is 4.39 Å². The quantitative estimate of drug-likeness (QED) is 0.556. The maximum Gasteiger partial charge on any atom is 0.259 e. The van der Waals surface area contributed by atoms with Crippen molar-refractivity contribution in [2.75, 3.05) is 34.3 Å². The van der Waals surface area contributed by atoms with Crippen LogP contribution in [0.5, 0.6) is 5.75 Å². The van der Waals surface area contributed by atoms with E-state index in [0.717, 1.165) is 29.8 Å². The number of hydrogen-bond acceptors (Lipinski definition) is 4. The van der Waals surface area contributed by atoms with E-state index < -0.39 is 0 Å². The summed E-state index contributed by atoms with van der Waals surface area (Å²) in [6, 6.07) is 15.0. The molecule has 0 radical (unpaired) electrons. The van der Waals surface area contributed by atoms with E-state index in [9.17, 15) is 14.0 Å². The maximum absolute atomic E-state index is 13.1. The van der Waals surface area contributed by atoms with Gasteiger partial charge >= 0.3 is 0 Å². The van der Waals surface area contributed by atoms with Crippen LogP contribution in [0.3, 0.4) is 0 Å². The molecular weight excluding hydrogens is 411 g/mol. The number of carbonyl (C=O) groups excluding carboxylic acids is 2. The predicted octanol–water partition coefficient (Wildman–Crippen LogP) is 3.39. The topological polar surface area (TPSA) is 78.5 Å². The van der Waals surface area contributed by atoms with E-state index in [2.05, 4.69) is 10.2 Å². The molecule has 0 spiro atoms. The maximum atomic E-state index is 13.1. The highest BCUT2D eigenvalue weighted by Crippen LogP contribution is 2.19. The van der Waals surface area contributed by atoms with E-state index >= 15 is 0 Å². The summed E-state index contributed by atoms with van der Waals surface area (Å²) in [5, 5.41) is 7.28. The Morgan fingerprint density at radius 2 is 1.81 bits per heavy atom. The summed E-state index contributed by atoms with van der Waals surface area (Å²) in [6.07, 6.45) is 1.47. The normalized spacial score (nSPS) is 10.6. The van der Waals surface area contributed by atoms with Crippen molar-refractivity contribution in [2.45, 2.75) is 12.8 Å². The molecule has 3 rings (SSSR count). The first-order valence-electron chi connectivity index (χ1n) is 10.3. The average molecular weight is 439 g/mol. The number of carbonyl (C=O) groups is 2. The average Bonchev–Trinajstić information content (AvgIpc) is 3.26. The molecule has 0 unspecified atom stereocenters. The molecule has 0 saturated heterocycles. The number of nitrogens with one attached hydrogen (secondary N) is 1. The van der Waals surface area contributed by atoms with Gasteiger partial charge in [-0.3, -0.25) is 14.7 Å². The van der Waals surface area contributed by atoms with Crippen LogP contribution in [0.25, 0.3) is 11.3 Å². The summed E-state index contributed by atoms with van der Waals surface area (Å²) < 4.78 is 18.6. The first-order chi connectivity index (χ1) is 15.3. The summed E-state index contributed by atoms with van der Waals surface area (Å²) >= 11 is 0. The van der Waals surface area contributed by atoms with Crippen molar-refractivity contribution >= 4 is 11.8 Å². The van der Waals surface area contributed by atoms with Crippen molar-refractivity contribution in [1.82, 2.24) is 20.0 Å². The monoisotopic (exact) mass is 438 g/mol. The molecule has 0 saturated carbocycles. The summed E-state index contributed by atoms with van der Waals surface area (Å²) in [7, 11) is 5.07. The van der Waals surface area contributed by atoms with Crippen LogP contribution in [0.2, 0.25) is 0 Å². The molecular formula is C24H27FN4O3. The highest BCUT2D eigenvalue weighted by atomic mass is 19.1. The van der Waals surface area contributed by atoms with Gasteiger partial charge in [0.25, 0.3) is 11.8 Å². The van der Waals surface area contributed by atoms with Gasteiger partial charge in [-0.2, -0.15) is 5.10 Å². The number of nitrogens with zero attached hydrogens (tertiary/aromatic N) is 3. The Kier molecular flexibility index (Phi) is 7.59. The van der Waals surface area contributed by atoms with Crippen LogP contribution in [0.1, 0.15) is 22.5 Å². The molecule has 0 aliphatic carbocycles. The Balaban J connectivity index is 1.50. The van der Waals surface area contributed by atoms with Crippen molar-refractivity contribution in [2.24, 2.45) is 0 Å². The first-order valence-corrected chi connectivity index (χ1v) is 10.3. The van der Waals surface area contributed by atoms with Gasteiger partial charge in [-0.05, 0) is 61.4 Å². The number of halogens is 1. The fraction of sp³-hybridized carbons (Fsp3) is 0.292. The predicted molar refractivity (Wildman–Crippen MR) is 120 cm³/mol. The minimum atomic E-state index is -0.281. The van der Waals surface area contributed by atoms with Gasteiger partial charge in [-0.1, -0.05) is 6.07 Å². The third-order valence-corrected chi connectivity index (χ3v) is 5.00. The van der Waals surface area contributed by atoms with E-state index in [1.54, 1.807) is 62.4 Å². The van der Waals surface area contributed by atoms with Gasteiger partial charge in [0.05, 0.1) is 5.69 Å². The summed E-state index contributed by atoms with van der Waals surface area (Å²) in [5.41, 5.74) is 3.05. The largest absolute Gasteiger partial charge is 0.484 e. The SMILES string of the molecule is CN(C)C(=O)COc1cccc(C(=O)N(C)CCCc2cc(-c3ccc(F)cc3)n[nH]2)c1. The van der Waals surface area contributed by atoms with Gasteiger partial charge in [0, 0.05) is 44.5 Å². The molecule has 0 atom stereocenters. The molecule has 0 aliphatic heterocycles. The number of hydrogen-bond donors (Lipinski definition) is 1. The summed E-state index contributed by atoms with van der Waals surface area (Å²) in [4.78, 5) is 27.5. The molecule has 0 fully saturated rings. The zero-order valence-electron chi connectivity index (χ0n) is 18.5. The van der Waals surface area contributed by atoms with Crippen LogP contribution < -0.4 is 4.74 Å². The molecule has 0 aliphatic rings. The molecule has 0 bridgehead atoms. The smallest absolute Gasteiger partial charge is 0.259 e. The number of rotatable bonds is 9. The zero-order valence-corrected chi connectivity index (χ0v) is 18.5. The second kappa shape index (κ2) is 10.6. The molecule has 2 aromatic carbocycles. The standard InChI is InChI=1S/C24H27FN4O3/c1-28(2)23(30)16-32-21-8-4-6-18(14-21)24(31)29(3)13-5-7-20-15-22(27-26-20)17-9-11-19(25)12-10-17/h4,6,8-12,14-15H,5,7,13,16H2,1-3H3,(H,26,27). The highest BCUT2D eigenvalue weighted by Gasteiger charge is 2.13. The van der Waals surface area contributed by atoms with Crippen LogP contribution >= 0.6 is 0 Å². The second-order valence-corrected chi connectivity index (χ2v) is 7.72. The Bertz CT molecular complexity index is 1060.